The van der Waals surface area contributed by atoms with Gasteiger partial charge < -0.3 is 15.2 Å². The van der Waals surface area contributed by atoms with Crippen LogP contribution in [-0.4, -0.2) is 32.7 Å². The van der Waals surface area contributed by atoms with E-state index in [1.807, 2.05) is 0 Å². The highest BCUT2D eigenvalue weighted by Crippen LogP contribution is 2.06. The highest BCUT2D eigenvalue weighted by atomic mass is 16.5. The Morgan fingerprint density at radius 3 is 2.00 bits per heavy atom. The zero-order valence-electron chi connectivity index (χ0n) is 14.4. The molecule has 0 spiro atoms. The Hall–Kier alpha value is -0.160. The second-order valence-corrected chi connectivity index (χ2v) is 5.77. The first kappa shape index (κ1) is 20.8. The maximum Gasteiger partial charge on any atom is 0.0977 e. The Kier molecular flexibility index (Phi) is 17.8. The summed E-state index contributed by atoms with van der Waals surface area (Å²) < 4.78 is 11.0. The van der Waals surface area contributed by atoms with Crippen LogP contribution in [-0.2, 0) is 9.47 Å². The summed E-state index contributed by atoms with van der Waals surface area (Å²) in [4.78, 5) is 0. The highest BCUT2D eigenvalue weighted by Gasteiger charge is 2.01. The smallest absolute Gasteiger partial charge is 0.0977 e. The minimum Gasteiger partial charge on any atom is -0.378 e. The van der Waals surface area contributed by atoms with E-state index in [2.05, 4.69) is 19.2 Å². The molecule has 4 nitrogen and oxygen atoms in total. The lowest BCUT2D eigenvalue weighted by Crippen LogP contribution is -2.42. The van der Waals surface area contributed by atoms with Gasteiger partial charge in [0, 0.05) is 13.2 Å². The van der Waals surface area contributed by atoms with Gasteiger partial charge in [-0.3, -0.25) is 5.32 Å². The van der Waals surface area contributed by atoms with Gasteiger partial charge in [-0.1, -0.05) is 65.2 Å². The van der Waals surface area contributed by atoms with Crippen LogP contribution in [0.15, 0.2) is 0 Å². The van der Waals surface area contributed by atoms with E-state index in [0.717, 1.165) is 26.1 Å². The monoisotopic (exact) mass is 302 g/mol. The van der Waals surface area contributed by atoms with Crippen LogP contribution in [0.5, 0.6) is 0 Å². The Morgan fingerprint density at radius 1 is 0.762 bits per heavy atom. The molecule has 0 saturated carbocycles. The van der Waals surface area contributed by atoms with E-state index in [1.165, 1.54) is 51.4 Å². The van der Waals surface area contributed by atoms with Gasteiger partial charge >= 0.3 is 0 Å². The van der Waals surface area contributed by atoms with Crippen LogP contribution in [0.2, 0.25) is 0 Å². The minimum atomic E-state index is -0.124. The van der Waals surface area contributed by atoms with Crippen molar-refractivity contribution in [2.45, 2.75) is 84.2 Å². The van der Waals surface area contributed by atoms with Crippen molar-refractivity contribution in [3.05, 3.63) is 0 Å². The third-order valence-electron chi connectivity index (χ3n) is 3.53. The molecule has 0 fully saturated rings. The van der Waals surface area contributed by atoms with Gasteiger partial charge in [0.15, 0.2) is 0 Å². The van der Waals surface area contributed by atoms with E-state index in [4.69, 9.17) is 15.2 Å². The molecule has 0 bridgehead atoms. The molecular formula is C17H38N2O2. The summed E-state index contributed by atoms with van der Waals surface area (Å²) in [6.07, 6.45) is 12.6. The molecule has 21 heavy (non-hydrogen) atoms. The quantitative estimate of drug-likeness (QED) is 0.317. The van der Waals surface area contributed by atoms with E-state index in [0.29, 0.717) is 13.3 Å². The van der Waals surface area contributed by atoms with Crippen molar-refractivity contribution in [1.29, 1.82) is 0 Å². The van der Waals surface area contributed by atoms with E-state index in [9.17, 15) is 0 Å². The molecule has 1 unspecified atom stereocenters. The first-order valence-electron chi connectivity index (χ1n) is 8.95. The predicted octanol–water partition coefficient (Wildman–Crippen LogP) is 3.79. The van der Waals surface area contributed by atoms with Crippen LogP contribution < -0.4 is 11.1 Å². The minimum absolute atomic E-state index is 0.124. The Bertz CT molecular complexity index is 192. The summed E-state index contributed by atoms with van der Waals surface area (Å²) in [5.41, 5.74) is 5.89. The van der Waals surface area contributed by atoms with Gasteiger partial charge in [-0.05, 0) is 12.8 Å². The number of nitrogens with two attached hydrogens (primary N) is 1. The molecule has 0 heterocycles. The lowest BCUT2D eigenvalue weighted by molar-refractivity contribution is 0.0714. The highest BCUT2D eigenvalue weighted by molar-refractivity contribution is 4.54. The third kappa shape index (κ3) is 17.8. The molecule has 0 radical (unpaired) electrons. The van der Waals surface area contributed by atoms with E-state index < -0.39 is 0 Å². The maximum atomic E-state index is 5.89. The molecule has 0 rings (SSSR count). The summed E-state index contributed by atoms with van der Waals surface area (Å²) in [6, 6.07) is 0. The summed E-state index contributed by atoms with van der Waals surface area (Å²) >= 11 is 0. The van der Waals surface area contributed by atoms with Crippen LogP contribution in [0.3, 0.4) is 0 Å². The molecule has 0 aromatic rings. The fraction of sp³-hybridized carbons (Fsp3) is 1.00. The lowest BCUT2D eigenvalue weighted by Gasteiger charge is -2.14. The Labute approximate surface area is 132 Å². The first-order valence-corrected chi connectivity index (χ1v) is 8.95. The SMILES string of the molecule is CCCCCCCCCOCC(N)NCOCCCCC. The molecule has 0 aliphatic carbocycles. The molecule has 128 valence electrons. The second kappa shape index (κ2) is 17.9. The van der Waals surface area contributed by atoms with Crippen molar-refractivity contribution in [3.8, 4) is 0 Å². The van der Waals surface area contributed by atoms with Gasteiger partial charge in [-0.15, -0.1) is 0 Å². The molecule has 4 heteroatoms. The molecule has 0 aliphatic heterocycles. The van der Waals surface area contributed by atoms with Crippen LogP contribution in [0, 0.1) is 0 Å². The van der Waals surface area contributed by atoms with Crippen LogP contribution in [0.1, 0.15) is 78.1 Å². The number of nitrogens with one attached hydrogen (secondary N) is 1. The summed E-state index contributed by atoms with van der Waals surface area (Å²) in [6.45, 7) is 7.16. The largest absolute Gasteiger partial charge is 0.378 e. The Balaban J connectivity index is 3.10. The Morgan fingerprint density at radius 2 is 1.29 bits per heavy atom. The fourth-order valence-electron chi connectivity index (χ4n) is 2.12. The van der Waals surface area contributed by atoms with Crippen LogP contribution in [0.25, 0.3) is 0 Å². The molecule has 0 amide bonds. The first-order chi connectivity index (χ1) is 10.3. The summed E-state index contributed by atoms with van der Waals surface area (Å²) in [5, 5.41) is 3.12. The van der Waals surface area contributed by atoms with Crippen LogP contribution in [0.4, 0.5) is 0 Å². The molecule has 0 aromatic heterocycles. The average molecular weight is 303 g/mol. The lowest BCUT2D eigenvalue weighted by atomic mass is 10.1. The summed E-state index contributed by atoms with van der Waals surface area (Å²) in [7, 11) is 0. The maximum absolute atomic E-state index is 5.89. The van der Waals surface area contributed by atoms with Crippen molar-refractivity contribution in [3.63, 3.8) is 0 Å². The van der Waals surface area contributed by atoms with Crippen molar-refractivity contribution >= 4 is 0 Å². The van der Waals surface area contributed by atoms with E-state index in [1.54, 1.807) is 0 Å². The molecule has 0 aromatic carbocycles. The molecular weight excluding hydrogens is 264 g/mol. The van der Waals surface area contributed by atoms with Gasteiger partial charge in [0.1, 0.15) is 0 Å². The van der Waals surface area contributed by atoms with Gasteiger partial charge in [0.2, 0.25) is 0 Å². The second-order valence-electron chi connectivity index (χ2n) is 5.77. The van der Waals surface area contributed by atoms with Gasteiger partial charge in [-0.2, -0.15) is 0 Å². The third-order valence-corrected chi connectivity index (χ3v) is 3.53. The topological polar surface area (TPSA) is 56.5 Å². The number of rotatable bonds is 17. The molecule has 0 saturated heterocycles. The molecule has 3 N–H and O–H groups in total. The van der Waals surface area contributed by atoms with E-state index >= 15 is 0 Å². The van der Waals surface area contributed by atoms with Crippen molar-refractivity contribution in [2.75, 3.05) is 26.6 Å². The van der Waals surface area contributed by atoms with Gasteiger partial charge in [0.25, 0.3) is 0 Å². The van der Waals surface area contributed by atoms with Gasteiger partial charge in [-0.25, -0.2) is 0 Å². The van der Waals surface area contributed by atoms with Crippen LogP contribution >= 0.6 is 0 Å². The average Bonchev–Trinajstić information content (AvgIpc) is 2.49. The van der Waals surface area contributed by atoms with E-state index in [-0.39, 0.29) is 6.17 Å². The van der Waals surface area contributed by atoms with Crippen molar-refractivity contribution in [1.82, 2.24) is 5.32 Å². The van der Waals surface area contributed by atoms with Crippen molar-refractivity contribution < 1.29 is 9.47 Å². The number of hydrogen-bond donors (Lipinski definition) is 2. The molecule has 1 atom stereocenters. The fourth-order valence-corrected chi connectivity index (χ4v) is 2.12. The predicted molar refractivity (Wildman–Crippen MR) is 90.3 cm³/mol. The number of ether oxygens (including phenoxy) is 2. The summed E-state index contributed by atoms with van der Waals surface area (Å²) in [5.74, 6) is 0. The standard InChI is InChI=1S/C17H38N2O2/c1-3-5-7-8-9-10-12-13-20-15-17(18)19-16-21-14-11-6-4-2/h17,19H,3-16,18H2,1-2H3. The number of unbranched alkanes of at least 4 members (excludes halogenated alkanes) is 8. The van der Waals surface area contributed by atoms with Gasteiger partial charge in [0.05, 0.1) is 19.5 Å². The number of hydrogen-bond acceptors (Lipinski definition) is 4. The molecule has 0 aliphatic rings. The van der Waals surface area contributed by atoms with Crippen molar-refractivity contribution in [2.24, 2.45) is 5.73 Å². The zero-order chi connectivity index (χ0) is 15.6. The normalized spacial score (nSPS) is 12.7. The zero-order valence-corrected chi connectivity index (χ0v) is 14.4.